The lowest BCUT2D eigenvalue weighted by Gasteiger charge is -2.11. The molecule has 0 aliphatic carbocycles. The van der Waals surface area contributed by atoms with Gasteiger partial charge in [0, 0.05) is 24.1 Å². The highest BCUT2D eigenvalue weighted by Gasteiger charge is 2.15. The van der Waals surface area contributed by atoms with Gasteiger partial charge in [0.1, 0.15) is 5.75 Å². The lowest BCUT2D eigenvalue weighted by Crippen LogP contribution is -2.10. The first-order valence-electron chi connectivity index (χ1n) is 14.0. The molecule has 9 heteroatoms. The lowest BCUT2D eigenvalue weighted by atomic mass is 10.0. The quantitative estimate of drug-likeness (QED) is 0.0919. The molecule has 0 fully saturated rings. The Bertz CT molecular complexity index is 1820. The van der Waals surface area contributed by atoms with E-state index in [9.17, 15) is 23.6 Å². The van der Waals surface area contributed by atoms with Crippen molar-refractivity contribution in [1.29, 1.82) is 0 Å². The number of ether oxygens (including phenoxy) is 4. The van der Waals surface area contributed by atoms with E-state index >= 15 is 0 Å². The van der Waals surface area contributed by atoms with Gasteiger partial charge in [0.2, 0.25) is 0 Å². The molecule has 46 heavy (non-hydrogen) atoms. The molecule has 4 aromatic carbocycles. The van der Waals surface area contributed by atoms with E-state index < -0.39 is 29.7 Å². The van der Waals surface area contributed by atoms with Crippen molar-refractivity contribution in [2.24, 2.45) is 0 Å². The second-order valence-electron chi connectivity index (χ2n) is 9.92. The topological polar surface area (TPSA) is 105 Å². The molecule has 0 spiro atoms. The van der Waals surface area contributed by atoms with Crippen molar-refractivity contribution in [2.45, 2.75) is 19.8 Å². The smallest absolute Gasteiger partial charge is 0.338 e. The highest BCUT2D eigenvalue weighted by Crippen LogP contribution is 2.34. The summed E-state index contributed by atoms with van der Waals surface area (Å²) in [4.78, 5) is 47.6. The van der Waals surface area contributed by atoms with Crippen LogP contribution >= 0.6 is 0 Å². The van der Waals surface area contributed by atoms with Crippen LogP contribution in [0, 0.1) is 5.82 Å². The van der Waals surface area contributed by atoms with E-state index in [-0.39, 0.29) is 29.2 Å². The fourth-order valence-electron chi connectivity index (χ4n) is 4.11. The summed E-state index contributed by atoms with van der Waals surface area (Å²) in [5, 5.41) is 0. The standard InChI is InChI=1S/C37H29FO8/c1-5-34(39)45-32-19-15-28(22-33(32)46-35(40)6-2)25-10-7-24(8-11-25)9-20-36(41)44-31-18-14-27(21-30(31)38)26-12-16-29(17-13-26)43-37(42)23(3)4/h5-8,10-19,21-22H,1-3,9,20H2,4H3. The average molecular weight is 621 g/mol. The number of benzene rings is 4. The van der Waals surface area contributed by atoms with E-state index in [1.165, 1.54) is 18.2 Å². The van der Waals surface area contributed by atoms with Crippen LogP contribution < -0.4 is 18.9 Å². The highest BCUT2D eigenvalue weighted by atomic mass is 19.1. The van der Waals surface area contributed by atoms with Gasteiger partial charge in [-0.15, -0.1) is 0 Å². The predicted molar refractivity (Wildman–Crippen MR) is 170 cm³/mol. The fraction of sp³-hybridized carbons (Fsp3) is 0.0811. The maximum absolute atomic E-state index is 14.8. The highest BCUT2D eigenvalue weighted by molar-refractivity contribution is 5.89. The summed E-state index contributed by atoms with van der Waals surface area (Å²) in [6.45, 7) is 11.8. The molecule has 0 saturated carbocycles. The van der Waals surface area contributed by atoms with Gasteiger partial charge in [-0.3, -0.25) is 4.79 Å². The molecule has 4 aromatic rings. The van der Waals surface area contributed by atoms with Crippen LogP contribution in [0.25, 0.3) is 22.3 Å². The molecule has 0 radical (unpaired) electrons. The molecule has 4 rings (SSSR count). The zero-order valence-electron chi connectivity index (χ0n) is 24.9. The third-order valence-electron chi connectivity index (χ3n) is 6.51. The van der Waals surface area contributed by atoms with Crippen molar-refractivity contribution < 1.29 is 42.5 Å². The van der Waals surface area contributed by atoms with Crippen LogP contribution in [0.1, 0.15) is 18.9 Å². The van der Waals surface area contributed by atoms with Crippen molar-refractivity contribution in [3.63, 3.8) is 0 Å². The molecular formula is C37H29FO8. The molecule has 0 saturated heterocycles. The Hall–Kier alpha value is -6.09. The van der Waals surface area contributed by atoms with Crippen molar-refractivity contribution >= 4 is 23.9 Å². The maximum Gasteiger partial charge on any atom is 0.338 e. The zero-order chi connectivity index (χ0) is 33.2. The van der Waals surface area contributed by atoms with Gasteiger partial charge < -0.3 is 18.9 Å². The zero-order valence-corrected chi connectivity index (χ0v) is 24.9. The van der Waals surface area contributed by atoms with Gasteiger partial charge >= 0.3 is 23.9 Å². The normalized spacial score (nSPS) is 10.3. The third kappa shape index (κ3) is 8.73. The Morgan fingerprint density at radius 1 is 0.652 bits per heavy atom. The largest absolute Gasteiger partial charge is 0.423 e. The lowest BCUT2D eigenvalue weighted by molar-refractivity contribution is -0.134. The van der Waals surface area contributed by atoms with Gasteiger partial charge in [0.05, 0.1) is 0 Å². The summed E-state index contributed by atoms with van der Waals surface area (Å²) in [6, 6.07) is 22.8. The van der Waals surface area contributed by atoms with Crippen molar-refractivity contribution in [2.75, 3.05) is 0 Å². The van der Waals surface area contributed by atoms with E-state index in [4.69, 9.17) is 18.9 Å². The van der Waals surface area contributed by atoms with Gasteiger partial charge in [-0.1, -0.05) is 68.3 Å². The number of halogens is 1. The van der Waals surface area contributed by atoms with Gasteiger partial charge in [-0.05, 0) is 77.6 Å². The Labute approximate surface area is 265 Å². The monoisotopic (exact) mass is 620 g/mol. The Balaban J connectivity index is 1.36. The van der Waals surface area contributed by atoms with E-state index in [2.05, 4.69) is 19.7 Å². The van der Waals surface area contributed by atoms with Crippen LogP contribution in [0.3, 0.4) is 0 Å². The fourth-order valence-corrected chi connectivity index (χ4v) is 4.11. The van der Waals surface area contributed by atoms with Crippen LogP contribution in [0.2, 0.25) is 0 Å². The Morgan fingerprint density at radius 2 is 1.17 bits per heavy atom. The van der Waals surface area contributed by atoms with Crippen molar-refractivity contribution in [3.8, 4) is 45.3 Å². The first-order valence-corrected chi connectivity index (χ1v) is 14.0. The first kappa shape index (κ1) is 32.8. The number of rotatable bonds is 12. The first-order chi connectivity index (χ1) is 22.1. The molecule has 0 amide bonds. The summed E-state index contributed by atoms with van der Waals surface area (Å²) in [5.74, 6) is -3.05. The summed E-state index contributed by atoms with van der Waals surface area (Å²) >= 11 is 0. The maximum atomic E-state index is 14.8. The van der Waals surface area contributed by atoms with E-state index in [1.807, 2.05) is 24.3 Å². The minimum atomic E-state index is -0.721. The second kappa shape index (κ2) is 15.1. The molecule has 0 aliphatic rings. The number of hydrogen-bond donors (Lipinski definition) is 0. The van der Waals surface area contributed by atoms with Crippen LogP contribution in [0.4, 0.5) is 4.39 Å². The molecule has 0 aliphatic heterocycles. The van der Waals surface area contributed by atoms with E-state index in [0.717, 1.165) is 23.3 Å². The second-order valence-corrected chi connectivity index (χ2v) is 9.92. The van der Waals surface area contributed by atoms with Crippen LogP contribution in [0.15, 0.2) is 122 Å². The number of hydrogen-bond acceptors (Lipinski definition) is 8. The minimum absolute atomic E-state index is 0.00985. The number of carbonyl (C=O) groups is 4. The average Bonchev–Trinajstić information content (AvgIpc) is 3.05. The van der Waals surface area contributed by atoms with Gasteiger partial charge in [-0.25, -0.2) is 18.8 Å². The molecule has 0 unspecified atom stereocenters. The van der Waals surface area contributed by atoms with Gasteiger partial charge in [0.15, 0.2) is 23.1 Å². The summed E-state index contributed by atoms with van der Waals surface area (Å²) in [5.41, 5.74) is 3.79. The van der Waals surface area contributed by atoms with Crippen LogP contribution in [-0.2, 0) is 25.6 Å². The van der Waals surface area contributed by atoms with Crippen LogP contribution in [0.5, 0.6) is 23.0 Å². The van der Waals surface area contributed by atoms with E-state index in [0.29, 0.717) is 28.9 Å². The number of esters is 4. The van der Waals surface area contributed by atoms with Crippen LogP contribution in [-0.4, -0.2) is 23.9 Å². The third-order valence-corrected chi connectivity index (χ3v) is 6.51. The summed E-state index contributed by atoms with van der Waals surface area (Å²) < 4.78 is 35.6. The molecule has 0 heterocycles. The number of carbonyl (C=O) groups excluding carboxylic acids is 4. The molecule has 0 bridgehead atoms. The SMILES string of the molecule is C=CC(=O)Oc1ccc(-c2ccc(CCC(=O)Oc3ccc(-c4ccc(OC(=O)C(=C)C)cc4)cc3F)cc2)cc1OC(=O)C=C. The Kier molecular flexibility index (Phi) is 10.8. The summed E-state index contributed by atoms with van der Waals surface area (Å²) in [6.07, 6.45) is 2.34. The summed E-state index contributed by atoms with van der Waals surface area (Å²) in [7, 11) is 0. The molecule has 0 aromatic heterocycles. The Morgan fingerprint density at radius 3 is 1.74 bits per heavy atom. The van der Waals surface area contributed by atoms with Gasteiger partial charge in [-0.2, -0.15) is 0 Å². The molecule has 0 N–H and O–H groups in total. The molecule has 232 valence electrons. The molecular weight excluding hydrogens is 591 g/mol. The van der Waals surface area contributed by atoms with Gasteiger partial charge in [0.25, 0.3) is 0 Å². The van der Waals surface area contributed by atoms with Crippen molar-refractivity contribution in [3.05, 3.63) is 134 Å². The number of aryl methyl sites for hydroxylation is 1. The van der Waals surface area contributed by atoms with Crippen molar-refractivity contribution in [1.82, 2.24) is 0 Å². The minimum Gasteiger partial charge on any atom is -0.423 e. The predicted octanol–water partition coefficient (Wildman–Crippen LogP) is 7.36. The molecule has 8 nitrogen and oxygen atoms in total. The van der Waals surface area contributed by atoms with E-state index in [1.54, 1.807) is 49.4 Å². The molecule has 0 atom stereocenters.